The summed E-state index contributed by atoms with van der Waals surface area (Å²) in [5.74, 6) is 0. The summed E-state index contributed by atoms with van der Waals surface area (Å²) in [4.78, 5) is 24.7. The number of aromatic amines is 1. The zero-order chi connectivity index (χ0) is 14.0. The summed E-state index contributed by atoms with van der Waals surface area (Å²) in [5, 5.41) is 9.34. The molecule has 0 spiro atoms. The maximum absolute atomic E-state index is 11.6. The number of halogens is 1. The standard InChI is InChI=1S/C11H13BrN2O5/c1-2-18-10(12)9-6(15)5-8(19-9)14-4-3-7(16)13-11(14)17/h2-4,6,8-10,15H,1,5H2,(H,13,16,17)/t6-,8+,9-,10?/m0/s1. The van der Waals surface area contributed by atoms with Gasteiger partial charge in [0.2, 0.25) is 0 Å². The minimum atomic E-state index is -0.798. The summed E-state index contributed by atoms with van der Waals surface area (Å²) >= 11 is 3.21. The third-order valence-electron chi connectivity index (χ3n) is 2.78. The fraction of sp³-hybridized carbons (Fsp3) is 0.455. The van der Waals surface area contributed by atoms with Gasteiger partial charge in [-0.25, -0.2) is 4.79 Å². The second kappa shape index (κ2) is 5.72. The van der Waals surface area contributed by atoms with E-state index in [4.69, 9.17) is 9.47 Å². The molecule has 2 rings (SSSR count). The molecule has 2 heterocycles. The third kappa shape index (κ3) is 2.96. The lowest BCUT2D eigenvalue weighted by atomic mass is 10.2. The van der Waals surface area contributed by atoms with Crippen LogP contribution >= 0.6 is 15.9 Å². The van der Waals surface area contributed by atoms with Crippen LogP contribution in [-0.4, -0.2) is 31.9 Å². The van der Waals surface area contributed by atoms with Gasteiger partial charge >= 0.3 is 5.69 Å². The topological polar surface area (TPSA) is 93.5 Å². The van der Waals surface area contributed by atoms with Crippen molar-refractivity contribution in [3.63, 3.8) is 0 Å². The summed E-state index contributed by atoms with van der Waals surface area (Å²) < 4.78 is 11.9. The summed E-state index contributed by atoms with van der Waals surface area (Å²) in [6, 6.07) is 1.22. The summed E-state index contributed by atoms with van der Waals surface area (Å²) in [5.41, 5.74) is -1.06. The highest BCUT2D eigenvalue weighted by molar-refractivity contribution is 9.09. The summed E-state index contributed by atoms with van der Waals surface area (Å²) in [7, 11) is 0. The van der Waals surface area contributed by atoms with E-state index in [1.165, 1.54) is 23.1 Å². The van der Waals surface area contributed by atoms with Crippen molar-refractivity contribution in [2.75, 3.05) is 0 Å². The van der Waals surface area contributed by atoms with Gasteiger partial charge in [0.15, 0.2) is 5.01 Å². The number of aliphatic hydroxyl groups excluding tert-OH is 1. The van der Waals surface area contributed by atoms with E-state index in [2.05, 4.69) is 27.5 Å². The van der Waals surface area contributed by atoms with Crippen molar-refractivity contribution in [3.05, 3.63) is 45.9 Å². The molecule has 0 saturated carbocycles. The molecule has 104 valence electrons. The Hall–Kier alpha value is -1.38. The molecule has 1 unspecified atom stereocenters. The average molecular weight is 333 g/mol. The predicted octanol–water partition coefficient (Wildman–Crippen LogP) is 0.0661. The maximum atomic E-state index is 11.6. The Labute approximate surface area is 116 Å². The molecule has 1 aromatic heterocycles. The normalized spacial score (nSPS) is 28.0. The van der Waals surface area contributed by atoms with Crippen LogP contribution < -0.4 is 11.2 Å². The van der Waals surface area contributed by atoms with E-state index in [9.17, 15) is 14.7 Å². The summed E-state index contributed by atoms with van der Waals surface area (Å²) in [6.45, 7) is 3.41. The fourth-order valence-electron chi connectivity index (χ4n) is 1.91. The molecular formula is C11H13BrN2O5. The first kappa shape index (κ1) is 14.0. The molecule has 19 heavy (non-hydrogen) atoms. The van der Waals surface area contributed by atoms with E-state index >= 15 is 0 Å². The zero-order valence-electron chi connectivity index (χ0n) is 9.86. The van der Waals surface area contributed by atoms with Crippen LogP contribution in [0.4, 0.5) is 0 Å². The molecule has 4 atom stereocenters. The average Bonchev–Trinajstić information content (AvgIpc) is 2.71. The first-order valence-corrected chi connectivity index (χ1v) is 6.50. The second-order valence-electron chi connectivity index (χ2n) is 4.03. The van der Waals surface area contributed by atoms with E-state index in [0.717, 1.165) is 0 Å². The van der Waals surface area contributed by atoms with E-state index in [-0.39, 0.29) is 6.42 Å². The molecule has 0 amide bonds. The van der Waals surface area contributed by atoms with Crippen LogP contribution in [0, 0.1) is 0 Å². The lowest BCUT2D eigenvalue weighted by molar-refractivity contribution is -0.0572. The van der Waals surface area contributed by atoms with Crippen molar-refractivity contribution in [2.24, 2.45) is 0 Å². The zero-order valence-corrected chi connectivity index (χ0v) is 11.4. The number of H-pyrrole nitrogens is 1. The Balaban J connectivity index is 2.18. The monoisotopic (exact) mass is 332 g/mol. The summed E-state index contributed by atoms with van der Waals surface area (Å²) in [6.07, 6.45) is 0.694. The van der Waals surface area contributed by atoms with Crippen LogP contribution in [0.2, 0.25) is 0 Å². The van der Waals surface area contributed by atoms with Crippen molar-refractivity contribution < 1.29 is 14.6 Å². The minimum Gasteiger partial charge on any atom is -0.485 e. The van der Waals surface area contributed by atoms with Crippen LogP contribution in [0.25, 0.3) is 0 Å². The number of nitrogens with zero attached hydrogens (tertiary/aromatic N) is 1. The van der Waals surface area contributed by atoms with Gasteiger partial charge in [-0.2, -0.15) is 0 Å². The van der Waals surface area contributed by atoms with Crippen LogP contribution in [0.5, 0.6) is 0 Å². The van der Waals surface area contributed by atoms with Crippen molar-refractivity contribution >= 4 is 15.9 Å². The lowest BCUT2D eigenvalue weighted by Crippen LogP contribution is -2.33. The minimum absolute atomic E-state index is 0.221. The van der Waals surface area contributed by atoms with E-state index < -0.39 is 34.7 Å². The van der Waals surface area contributed by atoms with Crippen molar-refractivity contribution in [2.45, 2.75) is 29.9 Å². The van der Waals surface area contributed by atoms with Crippen LogP contribution in [0.15, 0.2) is 34.7 Å². The molecule has 1 aliphatic heterocycles. The van der Waals surface area contributed by atoms with Gasteiger partial charge < -0.3 is 14.6 Å². The number of ether oxygens (including phenoxy) is 2. The second-order valence-corrected chi connectivity index (χ2v) is 4.93. The Kier molecular flexibility index (Phi) is 4.23. The van der Waals surface area contributed by atoms with Crippen LogP contribution in [0.1, 0.15) is 12.6 Å². The van der Waals surface area contributed by atoms with Crippen LogP contribution in [0.3, 0.4) is 0 Å². The lowest BCUT2D eigenvalue weighted by Gasteiger charge is -2.20. The molecule has 0 aliphatic carbocycles. The molecule has 2 N–H and O–H groups in total. The van der Waals surface area contributed by atoms with Gasteiger partial charge in [0, 0.05) is 18.7 Å². The molecule has 1 aliphatic rings. The number of aromatic nitrogens is 2. The smallest absolute Gasteiger partial charge is 0.330 e. The number of hydrogen-bond donors (Lipinski definition) is 2. The first-order chi connectivity index (χ1) is 9.02. The molecule has 1 saturated heterocycles. The van der Waals surface area contributed by atoms with Crippen molar-refractivity contribution in [3.8, 4) is 0 Å². The molecule has 1 aromatic rings. The van der Waals surface area contributed by atoms with Crippen LogP contribution in [-0.2, 0) is 9.47 Å². The van der Waals surface area contributed by atoms with Gasteiger partial charge in [0.05, 0.1) is 12.4 Å². The third-order valence-corrected chi connectivity index (χ3v) is 3.52. The highest BCUT2D eigenvalue weighted by Crippen LogP contribution is 2.32. The van der Waals surface area contributed by atoms with Crippen molar-refractivity contribution in [1.82, 2.24) is 9.55 Å². The number of aliphatic hydroxyl groups is 1. The molecule has 0 bridgehead atoms. The molecule has 0 aromatic carbocycles. The maximum Gasteiger partial charge on any atom is 0.330 e. The molecular weight excluding hydrogens is 320 g/mol. The highest BCUT2D eigenvalue weighted by Gasteiger charge is 2.40. The SMILES string of the molecule is C=COC(Br)[C@H]1O[C@@H](n2ccc(=O)[nH]c2=O)C[C@@H]1O. The Morgan fingerprint density at radius 2 is 2.42 bits per heavy atom. The largest absolute Gasteiger partial charge is 0.485 e. The van der Waals surface area contributed by atoms with E-state index in [0.29, 0.717) is 0 Å². The first-order valence-electron chi connectivity index (χ1n) is 5.58. The van der Waals surface area contributed by atoms with Gasteiger partial charge in [-0.3, -0.25) is 14.3 Å². The molecule has 0 radical (unpaired) electrons. The van der Waals surface area contributed by atoms with Crippen molar-refractivity contribution in [1.29, 1.82) is 0 Å². The van der Waals surface area contributed by atoms with Gasteiger partial charge in [0.25, 0.3) is 5.56 Å². The molecule has 7 nitrogen and oxygen atoms in total. The Morgan fingerprint density at radius 1 is 1.68 bits per heavy atom. The van der Waals surface area contributed by atoms with Gasteiger partial charge in [-0.05, 0) is 15.9 Å². The fourth-order valence-corrected chi connectivity index (χ4v) is 2.54. The number of alkyl halides is 1. The number of rotatable bonds is 4. The van der Waals surface area contributed by atoms with E-state index in [1.807, 2.05) is 0 Å². The van der Waals surface area contributed by atoms with Gasteiger partial charge in [-0.1, -0.05) is 6.58 Å². The number of hydrogen-bond acceptors (Lipinski definition) is 5. The highest BCUT2D eigenvalue weighted by atomic mass is 79.9. The quantitative estimate of drug-likeness (QED) is 0.601. The Morgan fingerprint density at radius 3 is 3.05 bits per heavy atom. The predicted molar refractivity (Wildman–Crippen MR) is 69.9 cm³/mol. The van der Waals surface area contributed by atoms with E-state index in [1.54, 1.807) is 0 Å². The molecule has 8 heteroatoms. The Bertz CT molecular complexity index is 569. The number of nitrogens with one attached hydrogen (secondary N) is 1. The molecule has 1 fully saturated rings. The van der Waals surface area contributed by atoms with Gasteiger partial charge in [0.1, 0.15) is 12.3 Å². The van der Waals surface area contributed by atoms with Gasteiger partial charge in [-0.15, -0.1) is 0 Å².